The van der Waals surface area contributed by atoms with Gasteiger partial charge in [0, 0.05) is 12.6 Å². The summed E-state index contributed by atoms with van der Waals surface area (Å²) in [7, 11) is 1.14. The van der Waals surface area contributed by atoms with Crippen molar-refractivity contribution in [1.82, 2.24) is 9.88 Å². The molecule has 2 rings (SSSR count). The standard InChI is InChI=1S/C14H12F4N2O2S/c1-20(7-11(21)14(16,17)18)13(22)10-6-19-12(23-10)8-4-2-3-5-9(8)15/h2-6,11,21H,7H2,1H3. The summed E-state index contributed by atoms with van der Waals surface area (Å²) in [5, 5.41) is 9.24. The second-order valence-electron chi connectivity index (χ2n) is 4.75. The van der Waals surface area contributed by atoms with Gasteiger partial charge in [-0.3, -0.25) is 4.79 Å². The molecule has 4 nitrogen and oxygen atoms in total. The largest absolute Gasteiger partial charge is 0.416 e. The number of nitrogens with zero attached hydrogens (tertiary/aromatic N) is 2. The van der Waals surface area contributed by atoms with Crippen LogP contribution in [0.3, 0.4) is 0 Å². The molecule has 1 unspecified atom stereocenters. The topological polar surface area (TPSA) is 53.4 Å². The molecule has 0 radical (unpaired) electrons. The minimum atomic E-state index is -4.80. The van der Waals surface area contributed by atoms with E-state index in [4.69, 9.17) is 5.11 Å². The molecule has 0 spiro atoms. The first-order valence-electron chi connectivity index (χ1n) is 6.41. The fourth-order valence-corrected chi connectivity index (χ4v) is 2.70. The van der Waals surface area contributed by atoms with E-state index < -0.39 is 30.5 Å². The van der Waals surface area contributed by atoms with Crippen LogP contribution >= 0.6 is 11.3 Å². The third-order valence-corrected chi connectivity index (χ3v) is 4.01. The first-order valence-corrected chi connectivity index (χ1v) is 7.22. The number of rotatable bonds is 4. The fourth-order valence-electron chi connectivity index (χ4n) is 1.77. The molecule has 1 aromatic heterocycles. The number of aliphatic hydroxyl groups is 1. The van der Waals surface area contributed by atoms with Crippen LogP contribution in [-0.2, 0) is 0 Å². The molecule has 0 bridgehead atoms. The maximum absolute atomic E-state index is 13.7. The number of alkyl halides is 3. The van der Waals surface area contributed by atoms with Gasteiger partial charge in [0.1, 0.15) is 15.7 Å². The molecule has 1 atom stereocenters. The molecule has 0 saturated carbocycles. The Morgan fingerprint density at radius 2 is 2.04 bits per heavy atom. The van der Waals surface area contributed by atoms with Crippen LogP contribution in [0.5, 0.6) is 0 Å². The average molecular weight is 348 g/mol. The number of halogens is 4. The van der Waals surface area contributed by atoms with Crippen molar-refractivity contribution in [3.63, 3.8) is 0 Å². The highest BCUT2D eigenvalue weighted by Crippen LogP contribution is 2.28. The van der Waals surface area contributed by atoms with Crippen LogP contribution in [0, 0.1) is 5.82 Å². The van der Waals surface area contributed by atoms with E-state index in [9.17, 15) is 22.4 Å². The van der Waals surface area contributed by atoms with E-state index in [1.54, 1.807) is 6.07 Å². The van der Waals surface area contributed by atoms with Crippen molar-refractivity contribution >= 4 is 17.2 Å². The average Bonchev–Trinajstić information content (AvgIpc) is 2.95. The van der Waals surface area contributed by atoms with Gasteiger partial charge in [0.2, 0.25) is 0 Å². The second kappa shape index (κ2) is 6.63. The molecule has 1 heterocycles. The van der Waals surface area contributed by atoms with Gasteiger partial charge in [0.05, 0.1) is 12.7 Å². The Balaban J connectivity index is 2.14. The lowest BCUT2D eigenvalue weighted by Gasteiger charge is -2.21. The van der Waals surface area contributed by atoms with Crippen molar-refractivity contribution in [1.29, 1.82) is 0 Å². The van der Waals surface area contributed by atoms with E-state index in [-0.39, 0.29) is 15.4 Å². The Labute approximate surface area is 133 Å². The lowest BCUT2D eigenvalue weighted by atomic mass is 10.2. The Morgan fingerprint density at radius 3 is 2.65 bits per heavy atom. The number of carbonyl (C=O) groups is 1. The van der Waals surface area contributed by atoms with E-state index in [1.807, 2.05) is 0 Å². The second-order valence-corrected chi connectivity index (χ2v) is 5.78. The Morgan fingerprint density at radius 1 is 1.39 bits per heavy atom. The lowest BCUT2D eigenvalue weighted by Crippen LogP contribution is -2.41. The van der Waals surface area contributed by atoms with Gasteiger partial charge < -0.3 is 10.0 Å². The number of aromatic nitrogens is 1. The van der Waals surface area contributed by atoms with Crippen LogP contribution in [0.15, 0.2) is 30.5 Å². The maximum atomic E-state index is 13.7. The summed E-state index contributed by atoms with van der Waals surface area (Å²) in [6.45, 7) is -0.894. The molecule has 2 aromatic rings. The number of likely N-dealkylation sites (N-methyl/N-ethyl adjacent to an activating group) is 1. The molecule has 9 heteroatoms. The highest BCUT2D eigenvalue weighted by atomic mass is 32.1. The molecule has 1 N–H and O–H groups in total. The van der Waals surface area contributed by atoms with E-state index in [0.29, 0.717) is 0 Å². The van der Waals surface area contributed by atoms with Gasteiger partial charge in [-0.15, -0.1) is 11.3 Å². The highest BCUT2D eigenvalue weighted by molar-refractivity contribution is 7.16. The Hall–Kier alpha value is -2.00. The summed E-state index contributed by atoms with van der Waals surface area (Å²) < 4.78 is 50.6. The number of hydrogen-bond acceptors (Lipinski definition) is 4. The number of carbonyl (C=O) groups excluding carboxylic acids is 1. The third-order valence-electron chi connectivity index (χ3n) is 2.99. The number of thiazole rings is 1. The molecular formula is C14H12F4N2O2S. The van der Waals surface area contributed by atoms with Gasteiger partial charge in [-0.2, -0.15) is 13.2 Å². The van der Waals surface area contributed by atoms with Gasteiger partial charge in [-0.05, 0) is 12.1 Å². The molecule has 0 aliphatic heterocycles. The number of benzene rings is 1. The SMILES string of the molecule is CN(CC(O)C(F)(F)F)C(=O)c1cnc(-c2ccccc2F)s1. The van der Waals surface area contributed by atoms with Crippen molar-refractivity contribution in [2.75, 3.05) is 13.6 Å². The number of aliphatic hydroxyl groups excluding tert-OH is 1. The van der Waals surface area contributed by atoms with Crippen molar-refractivity contribution in [2.45, 2.75) is 12.3 Å². The van der Waals surface area contributed by atoms with Crippen molar-refractivity contribution < 1.29 is 27.5 Å². The number of amides is 1. The minimum Gasteiger partial charge on any atom is -0.382 e. The van der Waals surface area contributed by atoms with Gasteiger partial charge >= 0.3 is 6.18 Å². The summed E-state index contributed by atoms with van der Waals surface area (Å²) in [5.74, 6) is -1.24. The summed E-state index contributed by atoms with van der Waals surface area (Å²) >= 11 is 0.866. The van der Waals surface area contributed by atoms with Crippen LogP contribution in [0.2, 0.25) is 0 Å². The molecule has 0 aliphatic carbocycles. The van der Waals surface area contributed by atoms with Crippen LogP contribution in [-0.4, -0.2) is 46.8 Å². The predicted octanol–water partition coefficient (Wildman–Crippen LogP) is 2.94. The smallest absolute Gasteiger partial charge is 0.382 e. The first-order chi connectivity index (χ1) is 10.7. The van der Waals surface area contributed by atoms with E-state index in [0.717, 1.165) is 23.3 Å². The quantitative estimate of drug-likeness (QED) is 0.865. The molecular weight excluding hydrogens is 336 g/mol. The molecule has 0 saturated heterocycles. The lowest BCUT2D eigenvalue weighted by molar-refractivity contribution is -0.205. The Kier molecular flexibility index (Phi) is 5.00. The van der Waals surface area contributed by atoms with Crippen LogP contribution < -0.4 is 0 Å². The molecule has 124 valence electrons. The normalized spacial score (nSPS) is 13.0. The van der Waals surface area contributed by atoms with Gasteiger partial charge in [-0.25, -0.2) is 9.37 Å². The van der Waals surface area contributed by atoms with E-state index in [1.165, 1.54) is 24.4 Å². The van der Waals surface area contributed by atoms with Crippen molar-refractivity contribution in [2.24, 2.45) is 0 Å². The molecule has 23 heavy (non-hydrogen) atoms. The fraction of sp³-hybridized carbons (Fsp3) is 0.286. The summed E-state index contributed by atoms with van der Waals surface area (Å²) in [6.07, 6.45) is -6.26. The monoisotopic (exact) mass is 348 g/mol. The Bertz CT molecular complexity index is 702. The molecule has 1 amide bonds. The van der Waals surface area contributed by atoms with E-state index in [2.05, 4.69) is 4.98 Å². The van der Waals surface area contributed by atoms with Crippen LogP contribution in [0.4, 0.5) is 17.6 Å². The zero-order chi connectivity index (χ0) is 17.2. The highest BCUT2D eigenvalue weighted by Gasteiger charge is 2.39. The van der Waals surface area contributed by atoms with Crippen LogP contribution in [0.25, 0.3) is 10.6 Å². The summed E-state index contributed by atoms with van der Waals surface area (Å²) in [5.41, 5.74) is 0.203. The molecule has 0 fully saturated rings. The first kappa shape index (κ1) is 17.4. The van der Waals surface area contributed by atoms with Gasteiger partial charge in [0.25, 0.3) is 5.91 Å². The van der Waals surface area contributed by atoms with Crippen molar-refractivity contribution in [3.8, 4) is 10.6 Å². The number of hydrogen-bond donors (Lipinski definition) is 1. The van der Waals surface area contributed by atoms with Gasteiger partial charge in [0.15, 0.2) is 6.10 Å². The minimum absolute atomic E-state index is 0.0557. The van der Waals surface area contributed by atoms with E-state index >= 15 is 0 Å². The maximum Gasteiger partial charge on any atom is 0.416 e. The van der Waals surface area contributed by atoms with Crippen LogP contribution in [0.1, 0.15) is 9.67 Å². The summed E-state index contributed by atoms with van der Waals surface area (Å²) in [4.78, 5) is 16.8. The zero-order valence-electron chi connectivity index (χ0n) is 11.8. The van der Waals surface area contributed by atoms with Gasteiger partial charge in [-0.1, -0.05) is 12.1 Å². The molecule has 0 aliphatic rings. The summed E-state index contributed by atoms with van der Waals surface area (Å²) in [6, 6.07) is 5.83. The molecule has 1 aromatic carbocycles. The zero-order valence-corrected chi connectivity index (χ0v) is 12.7. The van der Waals surface area contributed by atoms with Crippen molar-refractivity contribution in [3.05, 3.63) is 41.2 Å². The third kappa shape index (κ3) is 4.05. The predicted molar refractivity (Wildman–Crippen MR) is 76.5 cm³/mol.